The van der Waals surface area contributed by atoms with Gasteiger partial charge in [0, 0.05) is 6.08 Å². The van der Waals surface area contributed by atoms with Crippen LogP contribution in [0.1, 0.15) is 6.92 Å². The molecule has 1 aromatic carbocycles. The molecule has 0 saturated carbocycles. The highest BCUT2D eigenvalue weighted by atomic mass is 16.5. The smallest absolute Gasteiger partial charge is 0.251 e. The number of para-hydroxylation sites is 2. The predicted molar refractivity (Wildman–Crippen MR) is 57.5 cm³/mol. The highest BCUT2D eigenvalue weighted by Crippen LogP contribution is 2.21. The fourth-order valence-corrected chi connectivity index (χ4v) is 0.960. The molecule has 1 aromatic rings. The first-order valence-electron chi connectivity index (χ1n) is 4.61. The highest BCUT2D eigenvalue weighted by Gasteiger charge is 2.01. The Labute approximate surface area is 88.2 Å². The summed E-state index contributed by atoms with van der Waals surface area (Å²) in [5, 5.41) is 11.9. The molecule has 0 aliphatic heterocycles. The Morgan fingerprint density at radius 1 is 1.53 bits per heavy atom. The highest BCUT2D eigenvalue weighted by molar-refractivity contribution is 6.00. The molecule has 0 aliphatic carbocycles. The molecule has 4 nitrogen and oxygen atoms in total. The first-order valence-corrected chi connectivity index (χ1v) is 4.61. The third kappa shape index (κ3) is 3.72. The third-order valence-electron chi connectivity index (χ3n) is 1.64. The minimum atomic E-state index is -0.343. The Morgan fingerprint density at radius 2 is 2.27 bits per heavy atom. The molecule has 1 amide bonds. The second-order valence-electron chi connectivity index (χ2n) is 2.76. The van der Waals surface area contributed by atoms with Crippen LogP contribution in [-0.4, -0.2) is 17.6 Å². The summed E-state index contributed by atoms with van der Waals surface area (Å²) in [5.74, 6) is -0.305. The molecule has 0 fully saturated rings. The number of ether oxygens (including phenoxy) is 1. The van der Waals surface area contributed by atoms with Crippen LogP contribution in [0.4, 0.5) is 5.69 Å². The van der Waals surface area contributed by atoms with E-state index in [-0.39, 0.29) is 11.7 Å². The van der Waals surface area contributed by atoms with Crippen molar-refractivity contribution in [1.29, 1.82) is 0 Å². The molecular formula is C11H13NO3. The summed E-state index contributed by atoms with van der Waals surface area (Å²) >= 11 is 0. The average Bonchev–Trinajstić information content (AvgIpc) is 2.22. The molecule has 0 aromatic heterocycles. The van der Waals surface area contributed by atoms with Crippen molar-refractivity contribution in [2.24, 2.45) is 0 Å². The van der Waals surface area contributed by atoms with Gasteiger partial charge in [-0.05, 0) is 19.1 Å². The van der Waals surface area contributed by atoms with E-state index < -0.39 is 0 Å². The van der Waals surface area contributed by atoms with Gasteiger partial charge in [0.15, 0.2) is 0 Å². The Morgan fingerprint density at radius 3 is 2.93 bits per heavy atom. The van der Waals surface area contributed by atoms with Gasteiger partial charge in [-0.25, -0.2) is 0 Å². The van der Waals surface area contributed by atoms with Crippen LogP contribution in [0.3, 0.4) is 0 Å². The van der Waals surface area contributed by atoms with E-state index in [9.17, 15) is 9.90 Å². The number of rotatable bonds is 4. The number of carbonyl (C=O) groups excluding carboxylic acids is 1. The van der Waals surface area contributed by atoms with Gasteiger partial charge >= 0.3 is 0 Å². The van der Waals surface area contributed by atoms with Gasteiger partial charge in [0.05, 0.1) is 18.6 Å². The van der Waals surface area contributed by atoms with Crippen LogP contribution in [0.25, 0.3) is 0 Å². The largest absolute Gasteiger partial charge is 0.506 e. The topological polar surface area (TPSA) is 58.6 Å². The SMILES string of the molecule is CCOC=CC(=O)Nc1ccccc1O. The van der Waals surface area contributed by atoms with Gasteiger partial charge < -0.3 is 15.2 Å². The van der Waals surface area contributed by atoms with Gasteiger partial charge in [0.25, 0.3) is 5.91 Å². The minimum absolute atomic E-state index is 0.0376. The maximum absolute atomic E-state index is 11.3. The van der Waals surface area contributed by atoms with E-state index in [0.717, 1.165) is 0 Å². The Bertz CT molecular complexity index is 361. The van der Waals surface area contributed by atoms with Gasteiger partial charge in [0.2, 0.25) is 0 Å². The van der Waals surface area contributed by atoms with Crippen molar-refractivity contribution in [1.82, 2.24) is 0 Å². The molecule has 0 bridgehead atoms. The van der Waals surface area contributed by atoms with Crippen molar-refractivity contribution in [3.05, 3.63) is 36.6 Å². The summed E-state index contributed by atoms with van der Waals surface area (Å²) in [6.07, 6.45) is 2.57. The summed E-state index contributed by atoms with van der Waals surface area (Å²) < 4.78 is 4.87. The van der Waals surface area contributed by atoms with Crippen LogP contribution in [-0.2, 0) is 9.53 Å². The number of aromatic hydroxyl groups is 1. The normalized spacial score (nSPS) is 10.2. The molecule has 15 heavy (non-hydrogen) atoms. The summed E-state index contributed by atoms with van der Waals surface area (Å²) in [7, 11) is 0. The van der Waals surface area contributed by atoms with Gasteiger partial charge in [-0.2, -0.15) is 0 Å². The van der Waals surface area contributed by atoms with Crippen molar-refractivity contribution in [3.63, 3.8) is 0 Å². The van der Waals surface area contributed by atoms with E-state index >= 15 is 0 Å². The molecular weight excluding hydrogens is 194 g/mol. The molecule has 0 unspecified atom stereocenters. The van der Waals surface area contributed by atoms with E-state index in [4.69, 9.17) is 4.74 Å². The number of nitrogens with one attached hydrogen (secondary N) is 1. The van der Waals surface area contributed by atoms with E-state index in [1.54, 1.807) is 18.2 Å². The molecule has 0 spiro atoms. The van der Waals surface area contributed by atoms with Crippen LogP contribution < -0.4 is 5.32 Å². The fraction of sp³-hybridized carbons (Fsp3) is 0.182. The number of phenols is 1. The quantitative estimate of drug-likeness (QED) is 0.450. The zero-order chi connectivity index (χ0) is 11.1. The number of hydrogen-bond donors (Lipinski definition) is 2. The van der Waals surface area contributed by atoms with Crippen LogP contribution in [0, 0.1) is 0 Å². The van der Waals surface area contributed by atoms with Crippen molar-refractivity contribution in [2.45, 2.75) is 6.92 Å². The lowest BCUT2D eigenvalue weighted by Gasteiger charge is -2.03. The number of carbonyl (C=O) groups is 1. The van der Waals surface area contributed by atoms with Gasteiger partial charge in [0.1, 0.15) is 5.75 Å². The first-order chi connectivity index (χ1) is 7.24. The number of anilines is 1. The minimum Gasteiger partial charge on any atom is -0.506 e. The third-order valence-corrected chi connectivity index (χ3v) is 1.64. The predicted octanol–water partition coefficient (Wildman–Crippen LogP) is 1.88. The Hall–Kier alpha value is -1.97. The van der Waals surface area contributed by atoms with Crippen molar-refractivity contribution in [3.8, 4) is 5.75 Å². The van der Waals surface area contributed by atoms with Crippen LogP contribution in [0.15, 0.2) is 36.6 Å². The zero-order valence-corrected chi connectivity index (χ0v) is 8.43. The number of phenolic OH excluding ortho intramolecular Hbond substituents is 1. The monoisotopic (exact) mass is 207 g/mol. The summed E-state index contributed by atoms with van der Waals surface area (Å²) in [6.45, 7) is 2.34. The number of benzene rings is 1. The average molecular weight is 207 g/mol. The summed E-state index contributed by atoms with van der Waals surface area (Å²) in [4.78, 5) is 11.3. The van der Waals surface area contributed by atoms with Crippen LogP contribution in [0.2, 0.25) is 0 Å². The van der Waals surface area contributed by atoms with E-state index in [0.29, 0.717) is 12.3 Å². The van der Waals surface area contributed by atoms with E-state index in [1.165, 1.54) is 18.4 Å². The van der Waals surface area contributed by atoms with Crippen LogP contribution in [0.5, 0.6) is 5.75 Å². The molecule has 80 valence electrons. The molecule has 4 heteroatoms. The summed E-state index contributed by atoms with van der Waals surface area (Å²) in [6, 6.07) is 6.52. The van der Waals surface area contributed by atoms with Gasteiger partial charge in [-0.1, -0.05) is 12.1 Å². The number of amides is 1. The standard InChI is InChI=1S/C11H13NO3/c1-2-15-8-7-11(14)12-9-5-3-4-6-10(9)13/h3-8,13H,2H2,1H3,(H,12,14). The second kappa shape index (κ2) is 5.70. The maximum Gasteiger partial charge on any atom is 0.251 e. The maximum atomic E-state index is 11.3. The van der Waals surface area contributed by atoms with Crippen molar-refractivity contribution in [2.75, 3.05) is 11.9 Å². The zero-order valence-electron chi connectivity index (χ0n) is 8.43. The molecule has 0 heterocycles. The first kappa shape index (κ1) is 11.1. The van der Waals surface area contributed by atoms with Gasteiger partial charge in [-0.3, -0.25) is 4.79 Å². The Balaban J connectivity index is 2.55. The van der Waals surface area contributed by atoms with E-state index in [1.807, 2.05) is 6.92 Å². The van der Waals surface area contributed by atoms with Crippen LogP contribution >= 0.6 is 0 Å². The molecule has 0 atom stereocenters. The van der Waals surface area contributed by atoms with Crippen molar-refractivity contribution >= 4 is 11.6 Å². The molecule has 2 N–H and O–H groups in total. The lowest BCUT2D eigenvalue weighted by Crippen LogP contribution is -2.07. The Kier molecular flexibility index (Phi) is 4.22. The second-order valence-corrected chi connectivity index (χ2v) is 2.76. The molecule has 1 rings (SSSR count). The lowest BCUT2D eigenvalue weighted by molar-refractivity contribution is -0.112. The summed E-state index contributed by atoms with van der Waals surface area (Å²) in [5.41, 5.74) is 0.378. The fourth-order valence-electron chi connectivity index (χ4n) is 0.960. The molecule has 0 radical (unpaired) electrons. The molecule has 0 aliphatic rings. The molecule has 0 saturated heterocycles. The lowest BCUT2D eigenvalue weighted by atomic mass is 10.3. The van der Waals surface area contributed by atoms with Gasteiger partial charge in [-0.15, -0.1) is 0 Å². The number of hydrogen-bond acceptors (Lipinski definition) is 3. The van der Waals surface area contributed by atoms with E-state index in [2.05, 4.69) is 5.32 Å². The van der Waals surface area contributed by atoms with Crippen molar-refractivity contribution < 1.29 is 14.6 Å².